The summed E-state index contributed by atoms with van der Waals surface area (Å²) in [5.41, 5.74) is 9.28. The number of tetrazole rings is 4. The Bertz CT molecular complexity index is 5030. The van der Waals surface area contributed by atoms with E-state index in [1.54, 1.807) is 94.9 Å². The average molecular weight is 1410 g/mol. The molecule has 0 amide bonds. The fourth-order valence-electron chi connectivity index (χ4n) is 10.7. The second kappa shape index (κ2) is 29.1. The van der Waals surface area contributed by atoms with Crippen molar-refractivity contribution in [1.29, 1.82) is 0 Å². The molecule has 0 aliphatic heterocycles. The van der Waals surface area contributed by atoms with E-state index in [9.17, 15) is 19.2 Å². The summed E-state index contributed by atoms with van der Waals surface area (Å²) in [6, 6.07) is 22.8. The van der Waals surface area contributed by atoms with Gasteiger partial charge < -0.3 is 37.2 Å². The third-order valence-corrected chi connectivity index (χ3v) is 16.9. The van der Waals surface area contributed by atoms with Crippen molar-refractivity contribution < 1.29 is 24.4 Å². The molecule has 29 heteroatoms. The molecule has 1 fully saturated rings. The molecule has 0 spiro atoms. The van der Waals surface area contributed by atoms with Crippen molar-refractivity contribution in [3.8, 4) is 46.3 Å². The number of hydrogen-bond donors (Lipinski definition) is 0. The highest BCUT2D eigenvalue weighted by Crippen LogP contribution is 2.44. The first-order valence-corrected chi connectivity index (χ1v) is 31.3. The zero-order valence-corrected chi connectivity index (χ0v) is 57.5. The van der Waals surface area contributed by atoms with Crippen LogP contribution in [0.25, 0.3) is 23.3 Å². The number of ether oxygens (including phenoxy) is 4. The molecule has 0 N–H and O–H groups in total. The molecule has 0 unspecified atom stereocenters. The average Bonchev–Trinajstić information content (AvgIpc) is 1.52. The van der Waals surface area contributed by atoms with E-state index >= 15 is 0 Å². The molecule has 1 saturated carbocycles. The molecule has 0 bridgehead atoms. The summed E-state index contributed by atoms with van der Waals surface area (Å²) in [4.78, 5) is 49.0. The molecule has 0 radical (unpaired) electrons. The largest absolute Gasteiger partial charge is 0.488 e. The highest BCUT2D eigenvalue weighted by Gasteiger charge is 2.32. The molecule has 13 rings (SSSR count). The number of nitrogens with zero attached hydrogens (tertiary/aromatic N) is 20. The van der Waals surface area contributed by atoms with Crippen LogP contribution >= 0.6 is 22.6 Å². The van der Waals surface area contributed by atoms with Crippen LogP contribution in [0.1, 0.15) is 92.4 Å². The molecule has 496 valence electrons. The van der Waals surface area contributed by atoms with Crippen molar-refractivity contribution in [3.05, 3.63) is 228 Å². The number of hydrogen-bond acceptors (Lipinski definition) is 16. The molecule has 1 aliphatic rings. The summed E-state index contributed by atoms with van der Waals surface area (Å²) >= 11 is 2.21. The lowest BCUT2D eigenvalue weighted by molar-refractivity contribution is 0.302. The van der Waals surface area contributed by atoms with Crippen molar-refractivity contribution in [2.45, 2.75) is 93.2 Å². The molecule has 4 aromatic carbocycles. The van der Waals surface area contributed by atoms with Gasteiger partial charge in [0.2, 0.25) is 0 Å². The maximum Gasteiger partial charge on any atom is 0.369 e. The Morgan fingerprint density at radius 1 is 0.411 bits per heavy atom. The van der Waals surface area contributed by atoms with Crippen LogP contribution < -0.4 is 41.7 Å². The minimum atomic E-state index is -0.316. The molecule has 1 aliphatic carbocycles. The fourth-order valence-corrected chi connectivity index (χ4v) is 11.5. The first kappa shape index (κ1) is 61.9. The Hall–Kier alpha value is -10.6. The van der Waals surface area contributed by atoms with Crippen LogP contribution in [0, 0.1) is 38.2 Å². The van der Waals surface area contributed by atoms with Gasteiger partial charge in [-0.25, -0.2) is 19.2 Å². The summed E-state index contributed by atoms with van der Waals surface area (Å²) in [5.74, 6) is 6.02. The summed E-state index contributed by atoms with van der Waals surface area (Å²) < 4.78 is 72.8. The van der Waals surface area contributed by atoms with Crippen molar-refractivity contribution in [2.24, 2.45) is 56.4 Å². The maximum atomic E-state index is 12.4. The monoisotopic (exact) mass is 1410 g/mol. The van der Waals surface area contributed by atoms with Crippen LogP contribution in [0.3, 0.4) is 0 Å². The van der Waals surface area contributed by atoms with Crippen LogP contribution in [0.4, 0.5) is 0 Å². The summed E-state index contributed by atoms with van der Waals surface area (Å²) in [6.07, 6.45) is 11.0. The fraction of sp³-hybridized carbons (Fsp3) is 0.333. The van der Waals surface area contributed by atoms with Gasteiger partial charge in [0.1, 0.15) is 72.7 Å². The number of aryl methyl sites for hydroxylation is 14. The molecule has 8 heterocycles. The molecule has 0 saturated heterocycles. The van der Waals surface area contributed by atoms with Crippen molar-refractivity contribution in [1.82, 2.24) is 97.4 Å². The predicted octanol–water partition coefficient (Wildman–Crippen LogP) is 7.12. The highest BCUT2D eigenvalue weighted by atomic mass is 127. The van der Waals surface area contributed by atoms with Gasteiger partial charge in [-0.15, -0.1) is 18.7 Å². The number of rotatable bonds is 18. The predicted molar refractivity (Wildman–Crippen MR) is 363 cm³/mol. The van der Waals surface area contributed by atoms with Crippen molar-refractivity contribution in [2.75, 3.05) is 0 Å². The lowest BCUT2D eigenvalue weighted by Crippen LogP contribution is -2.24. The van der Waals surface area contributed by atoms with Crippen LogP contribution in [-0.2, 0) is 89.2 Å². The van der Waals surface area contributed by atoms with Gasteiger partial charge in [0.05, 0.1) is 5.48 Å². The number of aromatic nitrogens is 20. The van der Waals surface area contributed by atoms with Gasteiger partial charge in [0.25, 0.3) is 0 Å². The molecular formula is C66H77IN20O8. The van der Waals surface area contributed by atoms with Crippen LogP contribution in [0.2, 0.25) is 0 Å². The first-order chi connectivity index (χ1) is 47.1. The lowest BCUT2D eigenvalue weighted by atomic mass is 10.1. The number of halogens is 1. The summed E-state index contributed by atoms with van der Waals surface area (Å²) in [7, 11) is 13.8. The highest BCUT2D eigenvalue weighted by molar-refractivity contribution is 14.1. The topological polar surface area (TPSA) is 267 Å². The van der Waals surface area contributed by atoms with Gasteiger partial charge in [-0.1, -0.05) is 79.6 Å². The van der Waals surface area contributed by atoms with E-state index in [2.05, 4.69) is 77.4 Å². The number of benzene rings is 4. The van der Waals surface area contributed by atoms with E-state index in [0.717, 1.165) is 90.0 Å². The van der Waals surface area contributed by atoms with Crippen molar-refractivity contribution >= 4 is 22.6 Å². The summed E-state index contributed by atoms with van der Waals surface area (Å²) in [6.45, 7) is 12.9. The molecule has 8 aromatic heterocycles. The standard InChI is InChI=1S/C18H21N5O2.C17H21N5O2.C16H19N5O2.C15H16IN5O2/c1-12-6-4-5-7-16(12)25-11-15-14(13-8-9-13)10-21(2)17(15)23-18(24)22(3)19-20-23;1-5-13-10-20(3)16(22-17(23)21(4)18-19-22)14(13)11-24-15-9-7-6-8-12(15)2;1-11-7-5-6-8-14(11)23-10-13-12(2)9-19(3)15(13)21-16(22)20(4)17-18-21;1-10-6-4-5-7-13(10)23-9-11-12(16)8-19(2)14(11)21-15(22)20(3)17-18-21/h4-7,10,13H,8-9,11H2,1-3H3;6-10H,5,11H2,1-4H3;5-9H,10H2,1-4H3;4-8H,9H2,1-3H3/i4T;6T;5T;4T. The van der Waals surface area contributed by atoms with Crippen LogP contribution in [0.5, 0.6) is 23.0 Å². The van der Waals surface area contributed by atoms with Gasteiger partial charge in [0, 0.05) is 107 Å². The normalized spacial score (nSPS) is 12.4. The van der Waals surface area contributed by atoms with Gasteiger partial charge in [-0.2, -0.15) is 18.7 Å². The van der Waals surface area contributed by atoms with E-state index in [-0.39, 0.29) is 29.4 Å². The van der Waals surface area contributed by atoms with Gasteiger partial charge in [0.15, 0.2) is 0 Å². The quantitative estimate of drug-likeness (QED) is 0.0774. The van der Waals surface area contributed by atoms with E-state index in [1.807, 2.05) is 106 Å². The molecule has 0 atom stereocenters. The van der Waals surface area contributed by atoms with E-state index in [4.69, 9.17) is 24.4 Å². The zero-order valence-electron chi connectivity index (χ0n) is 59.4. The van der Waals surface area contributed by atoms with Gasteiger partial charge in [-0.3, -0.25) is 0 Å². The SMILES string of the molecule is [3H]c1ccc(OCc2c(C)cn(C)c2-n2nnn(C)c2=O)c(C)c1.[3H]c1ccc(OCc2c(C3CC3)cn(C)c2-n2nnn(C)c2=O)c(C)c1.[3H]c1ccc(OCc2c(CC)cn(C)c2-n2nnn(C)c2=O)c(C)c1.[3H]c1ccc(OCc2c(I)cn(C)c2-n2nnn(C)c2=O)c(C)c1. The zero-order chi connectivity index (χ0) is 71.4. The Labute approximate surface area is 566 Å². The third-order valence-electron chi connectivity index (χ3n) is 15.9. The Kier molecular flexibility index (Phi) is 19.0. The molecule has 28 nitrogen and oxygen atoms in total. The first-order valence-electron chi connectivity index (χ1n) is 32.3. The number of para-hydroxylation sites is 4. The van der Waals surface area contributed by atoms with Crippen molar-refractivity contribution in [3.63, 3.8) is 0 Å². The second-order valence-corrected chi connectivity index (χ2v) is 24.1. The van der Waals surface area contributed by atoms with Crippen LogP contribution in [0.15, 0.2) is 141 Å². The third kappa shape index (κ3) is 14.6. The van der Waals surface area contributed by atoms with E-state index < -0.39 is 0 Å². The smallest absolute Gasteiger partial charge is 0.369 e. The van der Waals surface area contributed by atoms with Gasteiger partial charge in [-0.05, 0) is 187 Å². The Morgan fingerprint density at radius 3 is 1.08 bits per heavy atom. The minimum absolute atomic E-state index is 0.287. The van der Waals surface area contributed by atoms with E-state index in [1.165, 1.54) is 43.0 Å². The lowest BCUT2D eigenvalue weighted by Gasteiger charge is -2.11. The summed E-state index contributed by atoms with van der Waals surface area (Å²) in [5, 5.41) is 30.9. The molecule has 95 heavy (non-hydrogen) atoms. The van der Waals surface area contributed by atoms with E-state index in [0.29, 0.717) is 84.7 Å². The Morgan fingerprint density at radius 2 is 0.726 bits per heavy atom. The maximum absolute atomic E-state index is 12.4. The molecular weight excluding hydrogens is 1330 g/mol. The molecule has 12 aromatic rings. The Balaban J connectivity index is 0.000000143. The second-order valence-electron chi connectivity index (χ2n) is 22.9. The minimum Gasteiger partial charge on any atom is -0.488 e. The van der Waals surface area contributed by atoms with Gasteiger partial charge >= 0.3 is 22.8 Å². The van der Waals surface area contributed by atoms with Crippen LogP contribution in [-0.4, -0.2) is 97.4 Å².